The molecule has 0 saturated heterocycles. The van der Waals surface area contributed by atoms with E-state index in [-0.39, 0.29) is 5.69 Å². The van der Waals surface area contributed by atoms with Crippen LogP contribution in [0.5, 0.6) is 0 Å². The van der Waals surface area contributed by atoms with Gasteiger partial charge < -0.3 is 5.32 Å². The molecule has 130 valence electrons. The van der Waals surface area contributed by atoms with Crippen molar-refractivity contribution in [2.75, 3.05) is 5.32 Å². The molecule has 0 radical (unpaired) electrons. The van der Waals surface area contributed by atoms with E-state index < -0.39 is 18.0 Å². The number of nitrogens with one attached hydrogen (secondary N) is 2. The van der Waals surface area contributed by atoms with Gasteiger partial charge in [0.2, 0.25) is 0 Å². The summed E-state index contributed by atoms with van der Waals surface area (Å²) in [6.07, 6.45) is -2.06. The molecule has 2 amide bonds. The highest BCUT2D eigenvalue weighted by molar-refractivity contribution is 6.02. The van der Waals surface area contributed by atoms with Crippen LogP contribution in [0.3, 0.4) is 0 Å². The Labute approximate surface area is 140 Å². The number of hydrazone groups is 1. The molecule has 25 heavy (non-hydrogen) atoms. The van der Waals surface area contributed by atoms with Gasteiger partial charge in [0.1, 0.15) is 0 Å². The highest BCUT2D eigenvalue weighted by Gasteiger charge is 2.38. The molecule has 1 heterocycles. The minimum Gasteiger partial charge on any atom is -0.318 e. The molecule has 2 aromatic rings. The average Bonchev–Trinajstić information content (AvgIpc) is 2.59. The van der Waals surface area contributed by atoms with Crippen molar-refractivity contribution in [2.24, 2.45) is 5.10 Å². The summed E-state index contributed by atoms with van der Waals surface area (Å²) in [7, 11) is 0. The lowest BCUT2D eigenvalue weighted by Crippen LogP contribution is -2.29. The van der Waals surface area contributed by atoms with Crippen LogP contribution in [0.15, 0.2) is 53.9 Å². The van der Waals surface area contributed by atoms with E-state index in [0.717, 1.165) is 0 Å². The van der Waals surface area contributed by atoms with Gasteiger partial charge in [0, 0.05) is 23.6 Å². The summed E-state index contributed by atoms with van der Waals surface area (Å²) in [5.74, 6) is -2.52. The first-order chi connectivity index (χ1) is 11.8. The molecule has 0 spiro atoms. The number of benzene rings is 1. The number of aromatic nitrogens is 1. The molecule has 0 aliphatic rings. The maximum absolute atomic E-state index is 12.3. The molecular formula is C16H13F3N4O2. The predicted octanol–water partition coefficient (Wildman–Crippen LogP) is 2.74. The second-order valence-corrected chi connectivity index (χ2v) is 4.91. The van der Waals surface area contributed by atoms with E-state index >= 15 is 0 Å². The van der Waals surface area contributed by atoms with Crippen molar-refractivity contribution >= 4 is 23.2 Å². The minimum atomic E-state index is -4.97. The Morgan fingerprint density at radius 3 is 2.40 bits per heavy atom. The second-order valence-electron chi connectivity index (χ2n) is 4.91. The molecule has 0 aliphatic heterocycles. The van der Waals surface area contributed by atoms with Crippen LogP contribution in [0, 0.1) is 0 Å². The number of carbonyl (C=O) groups excluding carboxylic acids is 2. The van der Waals surface area contributed by atoms with Gasteiger partial charge in [-0.3, -0.25) is 14.6 Å². The third-order valence-corrected chi connectivity index (χ3v) is 3.06. The van der Waals surface area contributed by atoms with Gasteiger partial charge in [0.15, 0.2) is 0 Å². The van der Waals surface area contributed by atoms with Crippen LogP contribution in [0.25, 0.3) is 0 Å². The first-order valence-corrected chi connectivity index (χ1v) is 7.00. The number of carbonyl (C=O) groups is 2. The Hall–Kier alpha value is -3.23. The SMILES string of the molecule is CC(=NNC(=O)c1ccncc1)c1cccc(NC(=O)C(F)(F)F)c1. The number of hydrogen-bond donors (Lipinski definition) is 2. The zero-order valence-electron chi connectivity index (χ0n) is 13.0. The van der Waals surface area contributed by atoms with Crippen LogP contribution in [0.1, 0.15) is 22.8 Å². The maximum atomic E-state index is 12.3. The van der Waals surface area contributed by atoms with Crippen molar-refractivity contribution in [2.45, 2.75) is 13.1 Å². The standard InChI is InChI=1S/C16H13F3N4O2/c1-10(22-23-14(24)11-5-7-20-8-6-11)12-3-2-4-13(9-12)21-15(25)16(17,18)19/h2-9H,1H3,(H,21,25)(H,23,24). The van der Waals surface area contributed by atoms with E-state index in [1.54, 1.807) is 18.3 Å². The highest BCUT2D eigenvalue weighted by atomic mass is 19.4. The Balaban J connectivity index is 2.09. The van der Waals surface area contributed by atoms with Gasteiger partial charge >= 0.3 is 12.1 Å². The smallest absolute Gasteiger partial charge is 0.318 e. The minimum absolute atomic E-state index is 0.0326. The molecular weight excluding hydrogens is 337 g/mol. The molecule has 6 nitrogen and oxygen atoms in total. The predicted molar refractivity (Wildman–Crippen MR) is 85.0 cm³/mol. The fourth-order valence-corrected chi connectivity index (χ4v) is 1.79. The Kier molecular flexibility index (Phi) is 5.48. The van der Waals surface area contributed by atoms with Crippen molar-refractivity contribution in [3.05, 3.63) is 59.9 Å². The number of anilines is 1. The summed E-state index contributed by atoms with van der Waals surface area (Å²) >= 11 is 0. The van der Waals surface area contributed by atoms with Gasteiger partial charge in [-0.25, -0.2) is 5.43 Å². The number of alkyl halides is 3. The van der Waals surface area contributed by atoms with Gasteiger partial charge in [0.25, 0.3) is 5.91 Å². The lowest BCUT2D eigenvalue weighted by Gasteiger charge is -2.09. The zero-order chi connectivity index (χ0) is 18.4. The third-order valence-electron chi connectivity index (χ3n) is 3.06. The normalized spacial score (nSPS) is 11.8. The number of halogens is 3. The van der Waals surface area contributed by atoms with Gasteiger partial charge in [-0.15, -0.1) is 0 Å². The van der Waals surface area contributed by atoms with Crippen molar-refractivity contribution in [1.29, 1.82) is 0 Å². The zero-order valence-corrected chi connectivity index (χ0v) is 13.0. The summed E-state index contributed by atoms with van der Waals surface area (Å²) < 4.78 is 36.8. The average molecular weight is 350 g/mol. The van der Waals surface area contributed by atoms with E-state index in [4.69, 9.17) is 0 Å². The molecule has 2 rings (SSSR count). The monoisotopic (exact) mass is 350 g/mol. The number of rotatable bonds is 4. The van der Waals surface area contributed by atoms with Gasteiger partial charge in [-0.2, -0.15) is 18.3 Å². The lowest BCUT2D eigenvalue weighted by molar-refractivity contribution is -0.167. The molecule has 0 aliphatic carbocycles. The molecule has 9 heteroatoms. The van der Waals surface area contributed by atoms with Crippen LogP contribution < -0.4 is 10.7 Å². The van der Waals surface area contributed by atoms with Crippen LogP contribution >= 0.6 is 0 Å². The van der Waals surface area contributed by atoms with Gasteiger partial charge in [-0.1, -0.05) is 12.1 Å². The third kappa shape index (κ3) is 5.13. The molecule has 0 unspecified atom stereocenters. The van der Waals surface area contributed by atoms with Crippen LogP contribution in [0.4, 0.5) is 18.9 Å². The van der Waals surface area contributed by atoms with Crippen molar-refractivity contribution in [1.82, 2.24) is 10.4 Å². The van der Waals surface area contributed by atoms with Gasteiger partial charge in [0.05, 0.1) is 5.71 Å². The molecule has 0 fully saturated rings. The Morgan fingerprint density at radius 2 is 1.76 bits per heavy atom. The summed E-state index contributed by atoms with van der Waals surface area (Å²) in [5.41, 5.74) is 3.45. The number of pyridine rings is 1. The molecule has 0 saturated carbocycles. The maximum Gasteiger partial charge on any atom is 0.471 e. The van der Waals surface area contributed by atoms with E-state index in [0.29, 0.717) is 16.8 Å². The Morgan fingerprint density at radius 1 is 1.08 bits per heavy atom. The first-order valence-electron chi connectivity index (χ1n) is 7.00. The fraction of sp³-hybridized carbons (Fsp3) is 0.125. The van der Waals surface area contributed by atoms with Crippen molar-refractivity contribution in [3.8, 4) is 0 Å². The highest BCUT2D eigenvalue weighted by Crippen LogP contribution is 2.19. The number of nitrogens with zero attached hydrogens (tertiary/aromatic N) is 2. The molecule has 1 aromatic heterocycles. The van der Waals surface area contributed by atoms with Crippen LogP contribution in [-0.4, -0.2) is 28.7 Å². The molecule has 0 bridgehead atoms. The summed E-state index contributed by atoms with van der Waals surface area (Å²) in [6, 6.07) is 8.70. The van der Waals surface area contributed by atoms with Crippen LogP contribution in [0.2, 0.25) is 0 Å². The van der Waals surface area contributed by atoms with E-state index in [2.05, 4.69) is 15.5 Å². The lowest BCUT2D eigenvalue weighted by atomic mass is 10.1. The summed E-state index contributed by atoms with van der Waals surface area (Å²) in [5, 5.41) is 5.66. The van der Waals surface area contributed by atoms with Gasteiger partial charge in [-0.05, 0) is 36.8 Å². The number of amides is 2. The summed E-state index contributed by atoms with van der Waals surface area (Å²) in [6.45, 7) is 1.57. The molecule has 1 aromatic carbocycles. The quantitative estimate of drug-likeness (QED) is 0.657. The van der Waals surface area contributed by atoms with E-state index in [1.807, 2.05) is 0 Å². The van der Waals surface area contributed by atoms with E-state index in [1.165, 1.54) is 42.7 Å². The van der Waals surface area contributed by atoms with Crippen molar-refractivity contribution < 1.29 is 22.8 Å². The molecule has 0 atom stereocenters. The fourth-order valence-electron chi connectivity index (χ4n) is 1.79. The number of hydrogen-bond acceptors (Lipinski definition) is 4. The first kappa shape index (κ1) is 18.1. The second kappa shape index (κ2) is 7.56. The summed E-state index contributed by atoms with van der Waals surface area (Å²) in [4.78, 5) is 26.6. The van der Waals surface area contributed by atoms with E-state index in [9.17, 15) is 22.8 Å². The topological polar surface area (TPSA) is 83.4 Å². The Bertz CT molecular complexity index is 805. The molecule has 2 N–H and O–H groups in total. The largest absolute Gasteiger partial charge is 0.471 e. The van der Waals surface area contributed by atoms with Crippen molar-refractivity contribution in [3.63, 3.8) is 0 Å². The van der Waals surface area contributed by atoms with Crippen LogP contribution in [-0.2, 0) is 4.79 Å².